The summed E-state index contributed by atoms with van der Waals surface area (Å²) in [5, 5.41) is 4.90. The summed E-state index contributed by atoms with van der Waals surface area (Å²) >= 11 is 0. The van der Waals surface area contributed by atoms with Crippen LogP contribution >= 0.6 is 0 Å². The molecule has 9 rings (SSSR count). The Morgan fingerprint density at radius 3 is 1.81 bits per heavy atom. The van der Waals surface area contributed by atoms with Crippen LogP contribution in [-0.4, -0.2) is 14.1 Å². The molecule has 52 heavy (non-hydrogen) atoms. The highest BCUT2D eigenvalue weighted by molar-refractivity contribution is 6.12. The van der Waals surface area contributed by atoms with Crippen molar-refractivity contribution in [3.8, 4) is 33.6 Å². The fourth-order valence-electron chi connectivity index (χ4n) is 8.04. The fraction of sp³-hybridized carbons (Fsp3) is 0.163. The fourth-order valence-corrected chi connectivity index (χ4v) is 8.04. The van der Waals surface area contributed by atoms with Crippen molar-refractivity contribution < 1.29 is 0 Å². The van der Waals surface area contributed by atoms with Gasteiger partial charge < -0.3 is 4.57 Å². The van der Waals surface area contributed by atoms with Gasteiger partial charge in [-0.1, -0.05) is 112 Å². The number of fused-ring (bicyclic) bond motifs is 6. The first-order valence-corrected chi connectivity index (χ1v) is 18.9. The van der Waals surface area contributed by atoms with Gasteiger partial charge in [-0.25, -0.2) is 4.98 Å². The molecule has 0 aliphatic carbocycles. The Labute approximate surface area is 305 Å². The van der Waals surface area contributed by atoms with Crippen LogP contribution in [0.25, 0.3) is 77.4 Å². The number of hydrogen-bond acceptors (Lipinski definition) is 1. The number of nitrogens with zero attached hydrogens (tertiary/aromatic N) is 3. The lowest BCUT2D eigenvalue weighted by molar-refractivity contribution is 0.795. The van der Waals surface area contributed by atoms with Gasteiger partial charge in [0.15, 0.2) is 0 Å². The second kappa shape index (κ2) is 13.7. The predicted octanol–water partition coefficient (Wildman–Crippen LogP) is 13.3. The van der Waals surface area contributed by atoms with E-state index in [0.717, 1.165) is 29.6 Å². The number of benzene rings is 6. The number of unbranched alkanes of at least 4 members (excludes halogenated alkanes) is 2. The third-order valence-corrected chi connectivity index (χ3v) is 10.8. The lowest BCUT2D eigenvalue weighted by Gasteiger charge is -2.15. The Morgan fingerprint density at radius 1 is 0.462 bits per heavy atom. The Bertz CT molecular complexity index is 2690. The highest BCUT2D eigenvalue weighted by atomic mass is 15.0. The van der Waals surface area contributed by atoms with Gasteiger partial charge in [-0.3, -0.25) is 4.57 Å². The molecule has 0 radical (unpaired) electrons. The molecular formula is C49H43N3. The van der Waals surface area contributed by atoms with Gasteiger partial charge in [-0.05, 0) is 114 Å². The van der Waals surface area contributed by atoms with Crippen LogP contribution in [0.2, 0.25) is 0 Å². The molecule has 3 aromatic heterocycles. The monoisotopic (exact) mass is 673 g/mol. The Hall–Kier alpha value is -5.93. The maximum atomic E-state index is 4.90. The van der Waals surface area contributed by atoms with Crippen molar-refractivity contribution in [2.75, 3.05) is 0 Å². The summed E-state index contributed by atoms with van der Waals surface area (Å²) in [4.78, 5) is 4.90. The van der Waals surface area contributed by atoms with Crippen LogP contribution in [0, 0.1) is 0 Å². The van der Waals surface area contributed by atoms with Crippen molar-refractivity contribution in [2.45, 2.75) is 52.4 Å². The minimum Gasteiger partial charge on any atom is -0.309 e. The average molecular weight is 674 g/mol. The lowest BCUT2D eigenvalue weighted by atomic mass is 10.00. The maximum absolute atomic E-state index is 4.90. The first-order valence-electron chi connectivity index (χ1n) is 18.9. The van der Waals surface area contributed by atoms with Crippen LogP contribution in [-0.2, 0) is 12.8 Å². The summed E-state index contributed by atoms with van der Waals surface area (Å²) in [7, 11) is 0. The standard InChI is InChI=1S/C49H43N3/c1-3-5-12-34-19-23-36(24-20-34)37-25-29-48-43(32-37)41-15-8-10-18-46(41)52(48)45-17-9-7-14-40(45)38-26-30-47-44(33-38)42-16-11-31-50-49(42)51(47)39-27-21-35(22-28-39)13-6-4-2/h7-11,14-33H,3-6,12-13H2,1-2H3. The molecule has 0 spiro atoms. The van der Waals surface area contributed by atoms with E-state index in [4.69, 9.17) is 4.98 Å². The van der Waals surface area contributed by atoms with Gasteiger partial charge >= 0.3 is 0 Å². The van der Waals surface area contributed by atoms with E-state index < -0.39 is 0 Å². The molecule has 3 heteroatoms. The second-order valence-corrected chi connectivity index (χ2v) is 14.1. The highest BCUT2D eigenvalue weighted by Crippen LogP contribution is 2.40. The van der Waals surface area contributed by atoms with Crippen LogP contribution in [0.5, 0.6) is 0 Å². The molecule has 9 aromatic rings. The molecule has 0 unspecified atom stereocenters. The van der Waals surface area contributed by atoms with E-state index in [1.54, 1.807) is 0 Å². The number of hydrogen-bond donors (Lipinski definition) is 0. The number of para-hydroxylation sites is 2. The topological polar surface area (TPSA) is 22.8 Å². The number of aromatic nitrogens is 3. The van der Waals surface area contributed by atoms with Gasteiger partial charge in [0.1, 0.15) is 5.65 Å². The first kappa shape index (κ1) is 32.0. The molecule has 0 N–H and O–H groups in total. The average Bonchev–Trinajstić information content (AvgIpc) is 3.72. The third kappa shape index (κ3) is 5.58. The lowest BCUT2D eigenvalue weighted by Crippen LogP contribution is -1.97. The third-order valence-electron chi connectivity index (χ3n) is 10.8. The number of pyridine rings is 1. The van der Waals surface area contributed by atoms with Crippen LogP contribution in [0.4, 0.5) is 0 Å². The molecule has 0 saturated heterocycles. The summed E-state index contributed by atoms with van der Waals surface area (Å²) in [6, 6.07) is 54.0. The molecule has 0 amide bonds. The van der Waals surface area contributed by atoms with E-state index in [1.807, 2.05) is 12.3 Å². The zero-order valence-corrected chi connectivity index (χ0v) is 30.0. The van der Waals surface area contributed by atoms with Gasteiger partial charge in [0.2, 0.25) is 0 Å². The van der Waals surface area contributed by atoms with E-state index >= 15 is 0 Å². The summed E-state index contributed by atoms with van der Waals surface area (Å²) in [5.41, 5.74) is 14.6. The van der Waals surface area contributed by atoms with E-state index in [0.29, 0.717) is 0 Å². The summed E-state index contributed by atoms with van der Waals surface area (Å²) in [5.74, 6) is 0. The van der Waals surface area contributed by atoms with E-state index in [2.05, 4.69) is 163 Å². The summed E-state index contributed by atoms with van der Waals surface area (Å²) < 4.78 is 4.76. The smallest absolute Gasteiger partial charge is 0.145 e. The Balaban J connectivity index is 1.17. The van der Waals surface area contributed by atoms with Crippen molar-refractivity contribution in [2.24, 2.45) is 0 Å². The van der Waals surface area contributed by atoms with Gasteiger partial charge in [-0.15, -0.1) is 0 Å². The normalized spacial score (nSPS) is 11.7. The molecule has 0 aliphatic heterocycles. The largest absolute Gasteiger partial charge is 0.309 e. The molecule has 0 aliphatic rings. The van der Waals surface area contributed by atoms with Gasteiger partial charge in [0, 0.05) is 39.0 Å². The first-order chi connectivity index (χ1) is 25.7. The molecule has 0 fully saturated rings. The molecule has 0 saturated carbocycles. The molecule has 0 bridgehead atoms. The maximum Gasteiger partial charge on any atom is 0.145 e. The summed E-state index contributed by atoms with van der Waals surface area (Å²) in [6.07, 6.45) is 9.02. The molecule has 3 heterocycles. The van der Waals surface area contributed by atoms with E-state index in [1.165, 1.54) is 97.5 Å². The predicted molar refractivity (Wildman–Crippen MR) is 221 cm³/mol. The van der Waals surface area contributed by atoms with Crippen LogP contribution in [0.3, 0.4) is 0 Å². The molecule has 254 valence electrons. The van der Waals surface area contributed by atoms with Crippen LogP contribution < -0.4 is 0 Å². The minimum atomic E-state index is 0.984. The van der Waals surface area contributed by atoms with Crippen molar-refractivity contribution in [3.05, 3.63) is 163 Å². The van der Waals surface area contributed by atoms with Gasteiger partial charge in [0.25, 0.3) is 0 Å². The van der Waals surface area contributed by atoms with E-state index in [9.17, 15) is 0 Å². The Morgan fingerprint density at radius 2 is 1.04 bits per heavy atom. The molecule has 6 aromatic carbocycles. The molecular weight excluding hydrogens is 631 g/mol. The minimum absolute atomic E-state index is 0.984. The molecule has 3 nitrogen and oxygen atoms in total. The zero-order valence-electron chi connectivity index (χ0n) is 30.0. The van der Waals surface area contributed by atoms with Crippen LogP contribution in [0.1, 0.15) is 50.7 Å². The molecule has 0 atom stereocenters. The quantitative estimate of drug-likeness (QED) is 0.142. The van der Waals surface area contributed by atoms with Crippen molar-refractivity contribution >= 4 is 43.7 Å². The van der Waals surface area contributed by atoms with Crippen LogP contribution in [0.15, 0.2) is 152 Å². The zero-order chi connectivity index (χ0) is 35.0. The number of aryl methyl sites for hydroxylation is 2. The van der Waals surface area contributed by atoms with Crippen molar-refractivity contribution in [3.63, 3.8) is 0 Å². The highest BCUT2D eigenvalue weighted by Gasteiger charge is 2.18. The van der Waals surface area contributed by atoms with Crippen molar-refractivity contribution in [1.29, 1.82) is 0 Å². The SMILES string of the molecule is CCCCc1ccc(-c2ccc3c(c2)c2ccccc2n3-c2ccccc2-c2ccc3c(c2)c2cccnc2n3-c2ccc(CCCC)cc2)cc1. The van der Waals surface area contributed by atoms with Gasteiger partial charge in [0.05, 0.1) is 22.2 Å². The Kier molecular flexibility index (Phi) is 8.40. The second-order valence-electron chi connectivity index (χ2n) is 14.1. The van der Waals surface area contributed by atoms with Crippen molar-refractivity contribution in [1.82, 2.24) is 14.1 Å². The van der Waals surface area contributed by atoms with Gasteiger partial charge in [-0.2, -0.15) is 0 Å². The summed E-state index contributed by atoms with van der Waals surface area (Å²) in [6.45, 7) is 4.50. The van der Waals surface area contributed by atoms with E-state index in [-0.39, 0.29) is 0 Å². The number of rotatable bonds is 10.